The first-order valence-electron chi connectivity index (χ1n) is 4.91. The molecule has 2 aliphatic carbocycles. The standard InChI is InChI=1S/C11H17NO/c1-7-10(2,3)8-4-5-11(7,6-8)9(12)13/h8H,1,4-6H2,2-3H3,(H2,12,13)/t8-,11-/m1/s1. The quantitative estimate of drug-likeness (QED) is 0.613. The van der Waals surface area contributed by atoms with Crippen molar-refractivity contribution in [2.45, 2.75) is 33.1 Å². The number of nitrogens with two attached hydrogens (primary N) is 1. The lowest BCUT2D eigenvalue weighted by atomic mass is 9.68. The summed E-state index contributed by atoms with van der Waals surface area (Å²) in [6.45, 7) is 8.45. The molecule has 2 heteroatoms. The molecule has 2 atom stereocenters. The Morgan fingerprint density at radius 1 is 1.62 bits per heavy atom. The number of carbonyl (C=O) groups is 1. The van der Waals surface area contributed by atoms with Crippen molar-refractivity contribution in [3.8, 4) is 0 Å². The van der Waals surface area contributed by atoms with Crippen LogP contribution in [-0.2, 0) is 4.79 Å². The minimum atomic E-state index is -0.353. The molecule has 2 rings (SSSR count). The van der Waals surface area contributed by atoms with E-state index in [2.05, 4.69) is 20.4 Å². The third kappa shape index (κ3) is 0.812. The normalized spacial score (nSPS) is 41.1. The van der Waals surface area contributed by atoms with Crippen LogP contribution in [-0.4, -0.2) is 5.91 Å². The van der Waals surface area contributed by atoms with Gasteiger partial charge in [-0.25, -0.2) is 0 Å². The van der Waals surface area contributed by atoms with Gasteiger partial charge in [0.1, 0.15) is 0 Å². The van der Waals surface area contributed by atoms with E-state index in [1.807, 2.05) is 0 Å². The fourth-order valence-corrected chi connectivity index (χ4v) is 3.17. The maximum atomic E-state index is 11.4. The van der Waals surface area contributed by atoms with Crippen LogP contribution in [0.15, 0.2) is 12.2 Å². The molecule has 0 radical (unpaired) electrons. The number of rotatable bonds is 1. The maximum Gasteiger partial charge on any atom is 0.227 e. The molecule has 2 N–H and O–H groups in total. The summed E-state index contributed by atoms with van der Waals surface area (Å²) in [5.74, 6) is 0.457. The molecule has 0 aromatic heterocycles. The molecule has 2 bridgehead atoms. The van der Waals surface area contributed by atoms with Crippen LogP contribution in [0.4, 0.5) is 0 Å². The van der Waals surface area contributed by atoms with Crippen LogP contribution in [0.2, 0.25) is 0 Å². The Kier molecular flexibility index (Phi) is 1.47. The van der Waals surface area contributed by atoms with Crippen molar-refractivity contribution in [3.63, 3.8) is 0 Å². The molecule has 13 heavy (non-hydrogen) atoms. The van der Waals surface area contributed by atoms with Crippen molar-refractivity contribution in [3.05, 3.63) is 12.2 Å². The van der Waals surface area contributed by atoms with Gasteiger partial charge in [-0.05, 0) is 30.6 Å². The molecule has 0 aromatic carbocycles. The number of hydrogen-bond acceptors (Lipinski definition) is 1. The van der Waals surface area contributed by atoms with Crippen molar-refractivity contribution in [2.75, 3.05) is 0 Å². The van der Waals surface area contributed by atoms with Crippen molar-refractivity contribution in [2.24, 2.45) is 22.5 Å². The Hall–Kier alpha value is -0.790. The van der Waals surface area contributed by atoms with Gasteiger partial charge in [-0.3, -0.25) is 4.79 Å². The summed E-state index contributed by atoms with van der Waals surface area (Å²) in [6.07, 6.45) is 3.00. The smallest absolute Gasteiger partial charge is 0.227 e. The van der Waals surface area contributed by atoms with Crippen molar-refractivity contribution in [1.82, 2.24) is 0 Å². The molecular formula is C11H17NO. The topological polar surface area (TPSA) is 43.1 Å². The van der Waals surface area contributed by atoms with Gasteiger partial charge in [0.05, 0.1) is 5.41 Å². The fourth-order valence-electron chi connectivity index (χ4n) is 3.17. The van der Waals surface area contributed by atoms with Gasteiger partial charge < -0.3 is 5.73 Å². The zero-order valence-electron chi connectivity index (χ0n) is 8.39. The highest BCUT2D eigenvalue weighted by Gasteiger charge is 2.60. The van der Waals surface area contributed by atoms with Gasteiger partial charge in [-0.2, -0.15) is 0 Å². The van der Waals surface area contributed by atoms with Crippen LogP contribution < -0.4 is 5.73 Å². The first-order chi connectivity index (χ1) is 5.91. The van der Waals surface area contributed by atoms with Gasteiger partial charge in [0.25, 0.3) is 0 Å². The highest BCUT2D eigenvalue weighted by molar-refractivity contribution is 5.86. The second-order valence-corrected chi connectivity index (χ2v) is 5.09. The molecular weight excluding hydrogens is 162 g/mol. The zero-order chi connectivity index (χ0) is 9.85. The summed E-state index contributed by atoms with van der Waals surface area (Å²) in [5.41, 5.74) is 6.32. The maximum absolute atomic E-state index is 11.4. The largest absolute Gasteiger partial charge is 0.369 e. The van der Waals surface area contributed by atoms with Crippen molar-refractivity contribution < 1.29 is 4.79 Å². The molecule has 0 aromatic rings. The van der Waals surface area contributed by atoms with Gasteiger partial charge in [-0.1, -0.05) is 26.0 Å². The van der Waals surface area contributed by atoms with Crippen molar-refractivity contribution in [1.29, 1.82) is 0 Å². The first kappa shape index (κ1) is 8.79. The Balaban J connectivity index is 2.46. The molecule has 72 valence electrons. The molecule has 2 fully saturated rings. The summed E-state index contributed by atoms with van der Waals surface area (Å²) >= 11 is 0. The van der Waals surface area contributed by atoms with Gasteiger partial charge in [0.15, 0.2) is 0 Å². The van der Waals surface area contributed by atoms with Gasteiger partial charge in [0, 0.05) is 0 Å². The second-order valence-electron chi connectivity index (χ2n) is 5.09. The van der Waals surface area contributed by atoms with Crippen LogP contribution in [0.5, 0.6) is 0 Å². The molecule has 0 spiro atoms. The molecule has 0 unspecified atom stereocenters. The average molecular weight is 179 g/mol. The summed E-state index contributed by atoms with van der Waals surface area (Å²) < 4.78 is 0. The van der Waals surface area contributed by atoms with Crippen molar-refractivity contribution >= 4 is 5.91 Å². The Labute approximate surface area is 79.2 Å². The minimum Gasteiger partial charge on any atom is -0.369 e. The van der Waals surface area contributed by atoms with Gasteiger partial charge in [-0.15, -0.1) is 0 Å². The second kappa shape index (κ2) is 2.17. The zero-order valence-corrected chi connectivity index (χ0v) is 8.39. The number of carbonyl (C=O) groups excluding carboxylic acids is 1. The summed E-state index contributed by atoms with van der Waals surface area (Å²) in [4.78, 5) is 11.4. The van der Waals surface area contributed by atoms with Crippen LogP contribution in [0.3, 0.4) is 0 Å². The lowest BCUT2D eigenvalue weighted by molar-refractivity contribution is -0.125. The summed E-state index contributed by atoms with van der Waals surface area (Å²) in [6, 6.07) is 0. The molecule has 2 aliphatic rings. The van der Waals surface area contributed by atoms with Gasteiger partial charge >= 0.3 is 0 Å². The Morgan fingerprint density at radius 2 is 2.23 bits per heavy atom. The van der Waals surface area contributed by atoms with E-state index < -0.39 is 0 Å². The lowest BCUT2D eigenvalue weighted by Gasteiger charge is -2.36. The first-order valence-corrected chi connectivity index (χ1v) is 4.91. The summed E-state index contributed by atoms with van der Waals surface area (Å²) in [5, 5.41) is 0. The van der Waals surface area contributed by atoms with E-state index in [1.54, 1.807) is 0 Å². The van der Waals surface area contributed by atoms with Crippen LogP contribution in [0.25, 0.3) is 0 Å². The van der Waals surface area contributed by atoms with Gasteiger partial charge in [0.2, 0.25) is 5.91 Å². The number of amides is 1. The molecule has 1 amide bonds. The van der Waals surface area contributed by atoms with Crippen LogP contribution in [0.1, 0.15) is 33.1 Å². The van der Waals surface area contributed by atoms with Crippen LogP contribution >= 0.6 is 0 Å². The number of hydrogen-bond donors (Lipinski definition) is 1. The van der Waals surface area contributed by atoms with E-state index in [0.29, 0.717) is 5.92 Å². The molecule has 0 heterocycles. The van der Waals surface area contributed by atoms with E-state index in [9.17, 15) is 4.79 Å². The predicted molar refractivity (Wildman–Crippen MR) is 51.9 cm³/mol. The van der Waals surface area contributed by atoms with E-state index in [4.69, 9.17) is 5.73 Å². The third-order valence-corrected chi connectivity index (χ3v) is 4.36. The monoisotopic (exact) mass is 179 g/mol. The summed E-state index contributed by atoms with van der Waals surface area (Å²) in [7, 11) is 0. The molecule has 0 saturated heterocycles. The predicted octanol–water partition coefficient (Wildman–Crippen LogP) is 1.85. The highest BCUT2D eigenvalue weighted by Crippen LogP contribution is 2.65. The van der Waals surface area contributed by atoms with E-state index in [0.717, 1.165) is 24.8 Å². The molecule has 2 nitrogen and oxygen atoms in total. The third-order valence-electron chi connectivity index (χ3n) is 4.36. The average Bonchev–Trinajstić information content (AvgIpc) is 2.53. The van der Waals surface area contributed by atoms with E-state index in [-0.39, 0.29) is 16.7 Å². The fraction of sp³-hybridized carbons (Fsp3) is 0.727. The minimum absolute atomic E-state index is 0.118. The van der Waals surface area contributed by atoms with E-state index >= 15 is 0 Å². The highest BCUT2D eigenvalue weighted by atomic mass is 16.1. The molecule has 0 aliphatic heterocycles. The SMILES string of the molecule is C=C1C(C)(C)[C@@H]2CC[C@@]1(C(N)=O)C2. The Morgan fingerprint density at radius 3 is 2.54 bits per heavy atom. The van der Waals surface area contributed by atoms with Crippen LogP contribution in [0, 0.1) is 16.7 Å². The number of fused-ring (bicyclic) bond motifs is 2. The number of primary amides is 1. The molecule has 2 saturated carbocycles. The van der Waals surface area contributed by atoms with E-state index in [1.165, 1.54) is 0 Å². The Bertz CT molecular complexity index is 292. The lowest BCUT2D eigenvalue weighted by Crippen LogP contribution is -2.37.